The number of carbonyl (C=O) groups is 2. The van der Waals surface area contributed by atoms with Crippen molar-refractivity contribution in [1.29, 1.82) is 0 Å². The number of allylic oxidation sites excluding steroid dienone is 2. The van der Waals surface area contributed by atoms with E-state index < -0.39 is 0 Å². The normalized spacial score (nSPS) is 35.3. The SMILES string of the molecule is COC(=O)C/C=C1\C2NC[C@@H](CC3=CCCCC3=O)C1(C)CCC2C(C)C. The number of nitrogens with one attached hydrogen (secondary N) is 1. The highest BCUT2D eigenvalue weighted by Gasteiger charge is 2.50. The van der Waals surface area contributed by atoms with E-state index in [1.165, 1.54) is 19.1 Å². The first kappa shape index (κ1) is 20.3. The number of rotatable bonds is 5. The third kappa shape index (κ3) is 4.06. The van der Waals surface area contributed by atoms with Gasteiger partial charge in [0.1, 0.15) is 0 Å². The summed E-state index contributed by atoms with van der Waals surface area (Å²) < 4.78 is 4.88. The van der Waals surface area contributed by atoms with Crippen LogP contribution in [0.25, 0.3) is 0 Å². The summed E-state index contributed by atoms with van der Waals surface area (Å²) in [5.41, 5.74) is 2.46. The molecule has 2 aliphatic carbocycles. The molecule has 1 saturated heterocycles. The number of Topliss-reactive ketones (excluding diaryl/α,β-unsaturated/α-hetero) is 1. The van der Waals surface area contributed by atoms with E-state index in [0.29, 0.717) is 42.4 Å². The van der Waals surface area contributed by atoms with Crippen molar-refractivity contribution < 1.29 is 14.3 Å². The highest BCUT2D eigenvalue weighted by Crippen LogP contribution is 2.53. The molecule has 3 aliphatic rings. The smallest absolute Gasteiger partial charge is 0.309 e. The summed E-state index contributed by atoms with van der Waals surface area (Å²) in [5.74, 6) is 1.76. The van der Waals surface area contributed by atoms with Gasteiger partial charge in [0.25, 0.3) is 0 Å². The molecule has 2 fully saturated rings. The van der Waals surface area contributed by atoms with Crippen LogP contribution in [0.4, 0.5) is 0 Å². The molecular formula is C23H35NO3. The minimum Gasteiger partial charge on any atom is -0.469 e. The van der Waals surface area contributed by atoms with E-state index in [0.717, 1.165) is 37.8 Å². The summed E-state index contributed by atoms with van der Waals surface area (Å²) in [4.78, 5) is 24.2. The van der Waals surface area contributed by atoms with Crippen LogP contribution in [0, 0.1) is 23.2 Å². The molecule has 2 bridgehead atoms. The Balaban J connectivity index is 1.88. The fraction of sp³-hybridized carbons (Fsp3) is 0.739. The molecule has 1 N–H and O–H groups in total. The number of fused-ring (bicyclic) bond motifs is 2. The highest BCUT2D eigenvalue weighted by atomic mass is 16.5. The zero-order valence-corrected chi connectivity index (χ0v) is 17.3. The predicted molar refractivity (Wildman–Crippen MR) is 107 cm³/mol. The minimum atomic E-state index is -0.183. The van der Waals surface area contributed by atoms with E-state index in [9.17, 15) is 9.59 Å². The van der Waals surface area contributed by atoms with Crippen molar-refractivity contribution in [3.8, 4) is 0 Å². The number of hydrogen-bond acceptors (Lipinski definition) is 4. The van der Waals surface area contributed by atoms with Crippen molar-refractivity contribution in [2.75, 3.05) is 13.7 Å². The van der Waals surface area contributed by atoms with Gasteiger partial charge in [0.2, 0.25) is 0 Å². The van der Waals surface area contributed by atoms with Crippen LogP contribution in [0.2, 0.25) is 0 Å². The van der Waals surface area contributed by atoms with Gasteiger partial charge in [0.15, 0.2) is 5.78 Å². The molecule has 0 radical (unpaired) electrons. The van der Waals surface area contributed by atoms with Crippen molar-refractivity contribution in [2.45, 2.75) is 71.8 Å². The van der Waals surface area contributed by atoms with Gasteiger partial charge in [0, 0.05) is 12.5 Å². The monoisotopic (exact) mass is 373 g/mol. The fourth-order valence-electron chi connectivity index (χ4n) is 5.49. The van der Waals surface area contributed by atoms with E-state index in [2.05, 4.69) is 38.2 Å². The largest absolute Gasteiger partial charge is 0.469 e. The third-order valence-electron chi connectivity index (χ3n) is 7.30. The van der Waals surface area contributed by atoms with Gasteiger partial charge < -0.3 is 10.1 Å². The van der Waals surface area contributed by atoms with Gasteiger partial charge in [-0.3, -0.25) is 9.59 Å². The number of carbonyl (C=O) groups excluding carboxylic acids is 2. The Hall–Kier alpha value is -1.42. The number of esters is 1. The summed E-state index contributed by atoms with van der Waals surface area (Å²) in [7, 11) is 1.45. The van der Waals surface area contributed by atoms with Crippen molar-refractivity contribution in [3.63, 3.8) is 0 Å². The van der Waals surface area contributed by atoms with Crippen molar-refractivity contribution in [2.24, 2.45) is 23.2 Å². The lowest BCUT2D eigenvalue weighted by Crippen LogP contribution is -2.58. The molecule has 150 valence electrons. The standard InChI is InChI=1S/C23H35NO3/c1-15(2)18-11-12-23(3)17(13-16-7-5-6-8-20(16)25)14-24-22(18)19(23)9-10-21(26)27-4/h7,9,15,17-18,22,24H,5-6,8,10-14H2,1-4H3/b19-9+/t17-,18?,22?,23?/m1/s1. The average Bonchev–Trinajstić information content (AvgIpc) is 2.63. The maximum Gasteiger partial charge on any atom is 0.309 e. The molecule has 1 saturated carbocycles. The van der Waals surface area contributed by atoms with E-state index in [1.54, 1.807) is 0 Å². The van der Waals surface area contributed by atoms with E-state index in [-0.39, 0.29) is 11.4 Å². The number of ketones is 1. The zero-order chi connectivity index (χ0) is 19.6. The molecule has 3 unspecified atom stereocenters. The second-order valence-electron chi connectivity index (χ2n) is 9.14. The Labute approximate surface area is 163 Å². The summed E-state index contributed by atoms with van der Waals surface area (Å²) in [6.45, 7) is 7.90. The van der Waals surface area contributed by atoms with Gasteiger partial charge >= 0.3 is 5.97 Å². The van der Waals surface area contributed by atoms with Crippen LogP contribution in [0.5, 0.6) is 0 Å². The first-order chi connectivity index (χ1) is 12.9. The Kier molecular flexibility index (Phi) is 6.25. The quantitative estimate of drug-likeness (QED) is 0.579. The molecule has 4 atom stereocenters. The Morgan fingerprint density at radius 2 is 2.22 bits per heavy atom. The maximum atomic E-state index is 12.4. The second-order valence-corrected chi connectivity index (χ2v) is 9.14. The summed E-state index contributed by atoms with van der Waals surface area (Å²) in [5, 5.41) is 3.79. The first-order valence-corrected chi connectivity index (χ1v) is 10.6. The number of hydrogen-bond donors (Lipinski definition) is 1. The maximum absolute atomic E-state index is 12.4. The number of methoxy groups -OCH3 is 1. The predicted octanol–water partition coefficient (Wildman–Crippen LogP) is 4.21. The summed E-state index contributed by atoms with van der Waals surface area (Å²) in [6.07, 6.45) is 10.5. The lowest BCUT2D eigenvalue weighted by molar-refractivity contribution is -0.139. The van der Waals surface area contributed by atoms with Crippen molar-refractivity contribution >= 4 is 11.8 Å². The molecule has 0 aromatic carbocycles. The Morgan fingerprint density at radius 1 is 1.44 bits per heavy atom. The van der Waals surface area contributed by atoms with Crippen LogP contribution in [0.1, 0.15) is 65.7 Å². The lowest BCUT2D eigenvalue weighted by atomic mass is 9.55. The van der Waals surface area contributed by atoms with Crippen LogP contribution >= 0.6 is 0 Å². The molecule has 0 aromatic heterocycles. The molecular weight excluding hydrogens is 338 g/mol. The molecule has 0 spiro atoms. The van der Waals surface area contributed by atoms with E-state index >= 15 is 0 Å². The van der Waals surface area contributed by atoms with Crippen LogP contribution < -0.4 is 5.32 Å². The van der Waals surface area contributed by atoms with Crippen molar-refractivity contribution in [1.82, 2.24) is 5.32 Å². The lowest BCUT2D eigenvalue weighted by Gasteiger charge is -2.55. The molecule has 27 heavy (non-hydrogen) atoms. The van der Waals surface area contributed by atoms with Gasteiger partial charge in [-0.2, -0.15) is 0 Å². The molecule has 0 amide bonds. The molecule has 0 aromatic rings. The molecule has 4 nitrogen and oxygen atoms in total. The molecule has 3 rings (SSSR count). The van der Waals surface area contributed by atoms with Crippen LogP contribution in [-0.4, -0.2) is 31.4 Å². The number of piperidine rings is 1. The Bertz CT molecular complexity index is 648. The van der Waals surface area contributed by atoms with Gasteiger partial charge in [-0.15, -0.1) is 0 Å². The first-order valence-electron chi connectivity index (χ1n) is 10.6. The summed E-state index contributed by atoms with van der Waals surface area (Å²) in [6, 6.07) is 0.334. The minimum absolute atomic E-state index is 0.0495. The topological polar surface area (TPSA) is 55.4 Å². The second kappa shape index (κ2) is 8.30. The van der Waals surface area contributed by atoms with Crippen LogP contribution in [0.15, 0.2) is 23.3 Å². The molecule has 4 heteroatoms. The van der Waals surface area contributed by atoms with Gasteiger partial charge in [-0.25, -0.2) is 0 Å². The molecule has 1 heterocycles. The summed E-state index contributed by atoms with van der Waals surface area (Å²) >= 11 is 0. The Morgan fingerprint density at radius 3 is 2.89 bits per heavy atom. The van der Waals surface area contributed by atoms with E-state index in [4.69, 9.17) is 4.74 Å². The fourth-order valence-corrected chi connectivity index (χ4v) is 5.49. The zero-order valence-electron chi connectivity index (χ0n) is 17.3. The van der Waals surface area contributed by atoms with Gasteiger partial charge in [0.05, 0.1) is 13.5 Å². The highest BCUT2D eigenvalue weighted by molar-refractivity contribution is 5.96. The van der Waals surface area contributed by atoms with Crippen LogP contribution in [0.3, 0.4) is 0 Å². The molecule has 1 aliphatic heterocycles. The van der Waals surface area contributed by atoms with Gasteiger partial charge in [-0.1, -0.05) is 38.5 Å². The van der Waals surface area contributed by atoms with Crippen molar-refractivity contribution in [3.05, 3.63) is 23.3 Å². The van der Waals surface area contributed by atoms with E-state index in [1.807, 2.05) is 0 Å². The van der Waals surface area contributed by atoms with Crippen LogP contribution in [-0.2, 0) is 14.3 Å². The third-order valence-corrected chi connectivity index (χ3v) is 7.30. The van der Waals surface area contributed by atoms with Gasteiger partial charge in [-0.05, 0) is 67.4 Å². The average molecular weight is 374 g/mol. The number of ether oxygens (including phenoxy) is 1.